The Labute approximate surface area is 502 Å². The summed E-state index contributed by atoms with van der Waals surface area (Å²) in [5.41, 5.74) is 10.8. The van der Waals surface area contributed by atoms with Crippen LogP contribution in [0.3, 0.4) is 0 Å². The first-order valence-electron chi connectivity index (χ1n) is 28.1. The molecule has 2 saturated heterocycles. The Kier molecular flexibility index (Phi) is 18.5. The highest BCUT2D eigenvalue weighted by Gasteiger charge is 2.46. The van der Waals surface area contributed by atoms with Crippen LogP contribution in [0.4, 0.5) is 20.8 Å². The van der Waals surface area contributed by atoms with E-state index >= 15 is 4.79 Å². The molecule has 3 atom stereocenters. The number of amides is 5. The van der Waals surface area contributed by atoms with Crippen molar-refractivity contribution in [2.45, 2.75) is 70.4 Å². The van der Waals surface area contributed by atoms with Crippen LogP contribution in [0.2, 0.25) is 10.0 Å². The van der Waals surface area contributed by atoms with Crippen molar-refractivity contribution in [3.05, 3.63) is 146 Å². The number of aliphatic imine (C=N–C) groups is 1. The number of methoxy groups -OCH3 is 1. The van der Waals surface area contributed by atoms with Gasteiger partial charge in [0.2, 0.25) is 11.8 Å². The molecule has 2 bridgehead atoms. The van der Waals surface area contributed by atoms with Crippen molar-refractivity contribution >= 4 is 64.4 Å². The second-order valence-electron chi connectivity index (χ2n) is 21.4. The van der Waals surface area contributed by atoms with E-state index in [4.69, 9.17) is 63.0 Å². The molecule has 24 heteroatoms. The number of amidine groups is 1. The van der Waals surface area contributed by atoms with Gasteiger partial charge in [-0.2, -0.15) is 10.4 Å². The molecular formula is C61H66Cl2FN13O8. The van der Waals surface area contributed by atoms with E-state index in [1.807, 2.05) is 49.1 Å². The molecule has 0 unspecified atom stereocenters. The van der Waals surface area contributed by atoms with Crippen molar-refractivity contribution in [2.24, 2.45) is 4.99 Å². The molecular weight excluding hydrogens is 1130 g/mol. The summed E-state index contributed by atoms with van der Waals surface area (Å²) >= 11 is 12.7. The van der Waals surface area contributed by atoms with E-state index in [0.29, 0.717) is 86.3 Å². The number of piperazine rings is 1. The molecule has 0 spiro atoms. The lowest BCUT2D eigenvalue weighted by Crippen LogP contribution is -2.56. The second-order valence-corrected chi connectivity index (χ2v) is 22.3. The van der Waals surface area contributed by atoms with Crippen LogP contribution in [0.25, 0.3) is 11.3 Å². The van der Waals surface area contributed by atoms with E-state index in [-0.39, 0.29) is 113 Å². The summed E-state index contributed by atoms with van der Waals surface area (Å²) in [5, 5.41) is 16.5. The van der Waals surface area contributed by atoms with Crippen molar-refractivity contribution in [3.8, 4) is 28.8 Å². The van der Waals surface area contributed by atoms with Gasteiger partial charge in [0, 0.05) is 68.5 Å². The third-order valence-corrected chi connectivity index (χ3v) is 16.0. The van der Waals surface area contributed by atoms with Crippen LogP contribution >= 0.6 is 23.2 Å². The first kappa shape index (κ1) is 59.8. The number of nitriles is 1. The van der Waals surface area contributed by atoms with Gasteiger partial charge in [0.05, 0.1) is 99.9 Å². The molecule has 4 aromatic carbocycles. The van der Waals surface area contributed by atoms with Crippen LogP contribution in [0.15, 0.2) is 96.1 Å². The van der Waals surface area contributed by atoms with Gasteiger partial charge < -0.3 is 49.2 Å². The van der Waals surface area contributed by atoms with E-state index in [1.54, 1.807) is 72.3 Å². The van der Waals surface area contributed by atoms with Crippen molar-refractivity contribution in [1.29, 1.82) is 5.26 Å². The van der Waals surface area contributed by atoms with E-state index in [9.17, 15) is 24.0 Å². The monoisotopic (exact) mass is 1200 g/mol. The van der Waals surface area contributed by atoms with Crippen molar-refractivity contribution in [1.82, 2.24) is 44.2 Å². The Morgan fingerprint density at radius 3 is 2.32 bits per heavy atom. The molecule has 444 valence electrons. The third kappa shape index (κ3) is 13.0. The fourth-order valence-electron chi connectivity index (χ4n) is 11.2. The van der Waals surface area contributed by atoms with E-state index in [1.165, 1.54) is 38.9 Å². The van der Waals surface area contributed by atoms with Gasteiger partial charge in [-0.3, -0.25) is 29.0 Å². The van der Waals surface area contributed by atoms with Gasteiger partial charge in [-0.25, -0.2) is 19.2 Å². The number of hydrogen-bond donors (Lipinski definition) is 1. The number of aromatic nitrogens is 4. The van der Waals surface area contributed by atoms with Crippen molar-refractivity contribution < 1.29 is 42.5 Å². The van der Waals surface area contributed by atoms with Crippen LogP contribution in [-0.4, -0.2) is 167 Å². The lowest BCUT2D eigenvalue weighted by Gasteiger charge is -2.38. The Morgan fingerprint density at radius 2 is 1.61 bits per heavy atom. The first-order valence-corrected chi connectivity index (χ1v) is 28.9. The predicted octanol–water partition coefficient (Wildman–Crippen LogP) is 8.35. The van der Waals surface area contributed by atoms with E-state index in [0.717, 1.165) is 17.5 Å². The summed E-state index contributed by atoms with van der Waals surface area (Å²) in [5.74, 6) is 0.708. The number of benzene rings is 4. The van der Waals surface area contributed by atoms with Gasteiger partial charge in [0.15, 0.2) is 11.6 Å². The van der Waals surface area contributed by atoms with Gasteiger partial charge in [-0.15, -0.1) is 0 Å². The Hall–Kier alpha value is -8.36. The molecule has 6 aromatic rings. The Balaban J connectivity index is 0.721. The number of hydrogen-bond acceptors (Lipinski definition) is 15. The molecule has 85 heavy (non-hydrogen) atoms. The standard InChI is InChI=1S/C61H66Cl2FN13O8/c1-37(2)85-51-32-43(82-5)17-19-45(51)58-69-55(38-8-12-40(62)13-9-38)56(39-10-14-41(63)15-11-39)77(58)61(81)74-24-23-73(53(79)36-74)26-28-84-30-29-83-27-20-52(78)71(3)22-25-76-50(33-65)54-47-34-67-57(66)59(68-47)75-21-6-7-49(75)46-31-42(64)16-18-44(46)60(80)72(4)35-48(54)70-76/h8-19,31-32,34,37,49,55-56H,6-7,20-30,35-36H2,1-5H3,(H2,66,67)/t49-,55+,56-/m1/s1. The average Bonchev–Trinajstić information content (AvgIpc) is 3.26. The molecule has 2 aromatic heterocycles. The molecule has 21 nitrogen and oxygen atoms in total. The number of nitrogens with two attached hydrogens (primary N) is 1. The van der Waals surface area contributed by atoms with Gasteiger partial charge in [-0.1, -0.05) is 47.5 Å². The molecule has 2 N–H and O–H groups in total. The van der Waals surface area contributed by atoms with Crippen LogP contribution in [0.5, 0.6) is 11.5 Å². The summed E-state index contributed by atoms with van der Waals surface area (Å²) in [6, 6.07) is 24.5. The van der Waals surface area contributed by atoms with Gasteiger partial charge in [0.1, 0.15) is 47.5 Å². The zero-order chi connectivity index (χ0) is 60.1. The molecule has 0 radical (unpaired) electrons. The van der Waals surface area contributed by atoms with Gasteiger partial charge in [-0.05, 0) is 98.0 Å². The number of fused-ring (bicyclic) bond motifs is 8. The van der Waals surface area contributed by atoms with Crippen LogP contribution < -0.4 is 20.1 Å². The molecule has 10 rings (SSSR count). The number of halogens is 3. The number of nitrogen functional groups attached to an aromatic ring is 1. The number of likely N-dealkylation sites (N-methyl/N-ethyl adjacent to an activating group) is 1. The average molecular weight is 1200 g/mol. The topological polar surface area (TPSA) is 230 Å². The summed E-state index contributed by atoms with van der Waals surface area (Å²) in [7, 11) is 4.85. The van der Waals surface area contributed by atoms with Crippen molar-refractivity contribution in [2.75, 3.05) is 97.5 Å². The molecule has 0 saturated carbocycles. The van der Waals surface area contributed by atoms with Crippen LogP contribution in [0, 0.1) is 17.1 Å². The Morgan fingerprint density at radius 1 is 0.894 bits per heavy atom. The molecule has 4 aliphatic heterocycles. The highest BCUT2D eigenvalue weighted by Crippen LogP contribution is 2.47. The highest BCUT2D eigenvalue weighted by molar-refractivity contribution is 6.30. The summed E-state index contributed by atoms with van der Waals surface area (Å²) in [6.45, 7) is 6.12. The minimum atomic E-state index is -0.642. The zero-order valence-electron chi connectivity index (χ0n) is 47.9. The van der Waals surface area contributed by atoms with Crippen LogP contribution in [-0.2, 0) is 32.2 Å². The lowest BCUT2D eigenvalue weighted by molar-refractivity contribution is -0.135. The number of carbonyl (C=O) groups excluding carboxylic acids is 4. The minimum absolute atomic E-state index is 0.00357. The second kappa shape index (κ2) is 26.3. The molecule has 2 fully saturated rings. The number of anilines is 2. The fraction of sp³-hybridized carbons (Fsp3) is 0.393. The molecule has 0 aliphatic carbocycles. The maximum absolute atomic E-state index is 15.1. The maximum atomic E-state index is 15.1. The smallest absolute Gasteiger partial charge is 0.326 e. The molecule has 4 aliphatic rings. The maximum Gasteiger partial charge on any atom is 0.326 e. The summed E-state index contributed by atoms with van der Waals surface area (Å²) in [6.07, 6.45) is 2.73. The summed E-state index contributed by atoms with van der Waals surface area (Å²) in [4.78, 5) is 80.9. The normalized spacial score (nSPS) is 17.7. The number of carbonyl (C=O) groups is 4. The fourth-order valence-corrected chi connectivity index (χ4v) is 11.5. The highest BCUT2D eigenvalue weighted by atomic mass is 35.5. The third-order valence-electron chi connectivity index (χ3n) is 15.5. The number of rotatable bonds is 18. The van der Waals surface area contributed by atoms with E-state index < -0.39 is 23.9 Å². The molecule has 6 heterocycles. The van der Waals surface area contributed by atoms with Gasteiger partial charge >= 0.3 is 6.03 Å². The first-order chi connectivity index (χ1) is 41.0. The zero-order valence-corrected chi connectivity index (χ0v) is 49.4. The number of ether oxygens (including phenoxy) is 4. The van der Waals surface area contributed by atoms with Crippen LogP contribution in [0.1, 0.15) is 95.2 Å². The van der Waals surface area contributed by atoms with Crippen molar-refractivity contribution in [3.63, 3.8) is 0 Å². The van der Waals surface area contributed by atoms with E-state index in [2.05, 4.69) is 11.1 Å². The quantitative estimate of drug-likeness (QED) is 0.0798. The molecule has 5 amide bonds. The number of nitrogens with zero attached hydrogens (tertiary/aromatic N) is 12. The largest absolute Gasteiger partial charge is 0.497 e. The minimum Gasteiger partial charge on any atom is -0.497 e. The van der Waals surface area contributed by atoms with Gasteiger partial charge in [0.25, 0.3) is 5.91 Å². The SMILES string of the molecule is COc1ccc(C2=N[C@@H](c3ccc(Cl)cc3)[C@@H](c3ccc(Cl)cc3)N2C(=O)N2CCN(CCOCCOCCC(=O)N(C)CCn3nc4c(c3C#N)-c3cnc(N)c(n3)N3CCC[C@@H]3c3cc(F)ccc3C(=O)N(C)C4)C(=O)C2)c(OC(C)C)c1. The number of urea groups is 1. The predicted molar refractivity (Wildman–Crippen MR) is 317 cm³/mol. The Bertz CT molecular complexity index is 3540. The lowest BCUT2D eigenvalue weighted by atomic mass is 9.93. The summed E-state index contributed by atoms with van der Waals surface area (Å²) < 4.78 is 39.8.